The fourth-order valence-corrected chi connectivity index (χ4v) is 4.07. The maximum Gasteiger partial charge on any atom is 0.295 e. The molecule has 1 N–H and O–H groups in total. The van der Waals surface area contributed by atoms with E-state index in [2.05, 4.69) is 5.16 Å². The molecule has 1 aliphatic heterocycles. The van der Waals surface area contributed by atoms with Crippen LogP contribution in [-0.4, -0.2) is 28.1 Å². The van der Waals surface area contributed by atoms with Crippen LogP contribution >= 0.6 is 11.3 Å². The molecule has 0 unspecified atom stereocenters. The largest absolute Gasteiger partial charge is 0.503 e. The highest BCUT2D eigenvalue weighted by Crippen LogP contribution is 2.42. The number of aromatic nitrogens is 1. The lowest BCUT2D eigenvalue weighted by atomic mass is 9.95. The van der Waals surface area contributed by atoms with Gasteiger partial charge in [-0.05, 0) is 49.9 Å². The number of aryl methyl sites for hydroxylation is 1. The Hall–Kier alpha value is -3.39. The Kier molecular flexibility index (Phi) is 5.17. The molecule has 0 saturated heterocycles. The van der Waals surface area contributed by atoms with E-state index in [1.807, 2.05) is 13.8 Å². The van der Waals surface area contributed by atoms with Crippen LogP contribution < -0.4 is 9.64 Å². The number of Topliss-reactive ketones (excluding diaryl/α,β-unsaturated/α-hetero) is 1. The number of hydrogen-bond donors (Lipinski definition) is 1. The third kappa shape index (κ3) is 3.50. The standard InChI is InChI=1S/C22H20N2O5S/c1-12(2)28-15-8-6-14(7-9-15)19-18(20(25)16-5-4-10-30-16)21(26)22(27)24(19)17-11-13(3)29-23-17/h4-12,19,26H,1-3H3/t19-/m1/s1. The van der Waals surface area contributed by atoms with E-state index in [0.29, 0.717) is 22.0 Å². The minimum atomic E-state index is -0.843. The van der Waals surface area contributed by atoms with Crippen LogP contribution in [0, 0.1) is 6.92 Å². The van der Waals surface area contributed by atoms with E-state index >= 15 is 0 Å². The lowest BCUT2D eigenvalue weighted by Gasteiger charge is -2.24. The van der Waals surface area contributed by atoms with E-state index in [1.165, 1.54) is 16.2 Å². The van der Waals surface area contributed by atoms with Crippen molar-refractivity contribution in [3.63, 3.8) is 0 Å². The summed E-state index contributed by atoms with van der Waals surface area (Å²) in [6.45, 7) is 5.56. The van der Waals surface area contributed by atoms with Crippen molar-refractivity contribution in [2.45, 2.75) is 32.9 Å². The van der Waals surface area contributed by atoms with Crippen molar-refractivity contribution in [3.8, 4) is 5.75 Å². The molecule has 30 heavy (non-hydrogen) atoms. The molecule has 154 valence electrons. The second kappa shape index (κ2) is 7.79. The van der Waals surface area contributed by atoms with E-state index < -0.39 is 23.5 Å². The summed E-state index contributed by atoms with van der Waals surface area (Å²) < 4.78 is 10.8. The van der Waals surface area contributed by atoms with Crippen LogP contribution in [-0.2, 0) is 4.79 Å². The molecule has 4 rings (SSSR count). The van der Waals surface area contributed by atoms with Crippen molar-refractivity contribution in [2.75, 3.05) is 4.90 Å². The summed E-state index contributed by atoms with van der Waals surface area (Å²) in [5.74, 6) is -0.273. The summed E-state index contributed by atoms with van der Waals surface area (Å²) in [5.41, 5.74) is 0.657. The fraction of sp³-hybridized carbons (Fsp3) is 0.227. The maximum absolute atomic E-state index is 13.2. The third-order valence-corrected chi connectivity index (χ3v) is 5.50. The number of benzene rings is 1. The van der Waals surface area contributed by atoms with Gasteiger partial charge in [-0.25, -0.2) is 0 Å². The van der Waals surface area contributed by atoms with Gasteiger partial charge in [-0.1, -0.05) is 23.4 Å². The molecule has 1 amide bonds. The van der Waals surface area contributed by atoms with Gasteiger partial charge in [0, 0.05) is 6.07 Å². The zero-order valence-corrected chi connectivity index (χ0v) is 17.5. The monoisotopic (exact) mass is 424 g/mol. The van der Waals surface area contributed by atoms with Gasteiger partial charge in [-0.3, -0.25) is 14.5 Å². The van der Waals surface area contributed by atoms with Crippen molar-refractivity contribution >= 4 is 28.8 Å². The zero-order valence-electron chi connectivity index (χ0n) is 16.7. The average molecular weight is 424 g/mol. The highest BCUT2D eigenvalue weighted by atomic mass is 32.1. The molecule has 1 aliphatic rings. The number of aliphatic hydroxyl groups excluding tert-OH is 1. The second-order valence-electron chi connectivity index (χ2n) is 7.18. The Morgan fingerprint density at radius 1 is 1.27 bits per heavy atom. The Morgan fingerprint density at radius 2 is 2.00 bits per heavy atom. The predicted molar refractivity (Wildman–Crippen MR) is 112 cm³/mol. The Bertz CT molecular complexity index is 1110. The number of carbonyl (C=O) groups is 2. The van der Waals surface area contributed by atoms with Gasteiger partial charge < -0.3 is 14.4 Å². The van der Waals surface area contributed by atoms with E-state index in [0.717, 1.165) is 0 Å². The molecule has 2 aromatic heterocycles. The lowest BCUT2D eigenvalue weighted by molar-refractivity contribution is -0.117. The van der Waals surface area contributed by atoms with Crippen LogP contribution in [0.5, 0.6) is 5.75 Å². The summed E-state index contributed by atoms with van der Waals surface area (Å²) in [5, 5.41) is 16.4. The number of rotatable bonds is 6. The van der Waals surface area contributed by atoms with E-state index in [1.54, 1.807) is 54.8 Å². The Balaban J connectivity index is 1.81. The van der Waals surface area contributed by atoms with Gasteiger partial charge in [-0.2, -0.15) is 0 Å². The molecule has 0 bridgehead atoms. The molecule has 1 aromatic carbocycles. The SMILES string of the molecule is Cc1cc(N2C(=O)C(O)=C(C(=O)c3cccs3)[C@H]2c2ccc(OC(C)C)cc2)no1. The first-order valence-corrected chi connectivity index (χ1v) is 10.3. The lowest BCUT2D eigenvalue weighted by Crippen LogP contribution is -2.31. The summed E-state index contributed by atoms with van der Waals surface area (Å²) in [6.07, 6.45) is 0.0124. The normalized spacial score (nSPS) is 16.6. The Morgan fingerprint density at radius 3 is 2.57 bits per heavy atom. The van der Waals surface area contributed by atoms with Crippen molar-refractivity contribution in [1.82, 2.24) is 5.16 Å². The molecule has 3 heterocycles. The van der Waals surface area contributed by atoms with Gasteiger partial charge in [0.2, 0.25) is 5.78 Å². The minimum absolute atomic E-state index is 0.0124. The second-order valence-corrected chi connectivity index (χ2v) is 8.13. The molecular weight excluding hydrogens is 404 g/mol. The molecule has 0 radical (unpaired) electrons. The highest BCUT2D eigenvalue weighted by molar-refractivity contribution is 7.12. The van der Waals surface area contributed by atoms with Crippen LogP contribution in [0.25, 0.3) is 0 Å². The molecule has 0 aliphatic carbocycles. The van der Waals surface area contributed by atoms with E-state index in [4.69, 9.17) is 9.26 Å². The first-order chi connectivity index (χ1) is 14.4. The van der Waals surface area contributed by atoms with Gasteiger partial charge >= 0.3 is 0 Å². The van der Waals surface area contributed by atoms with Crippen LogP contribution in [0.4, 0.5) is 5.82 Å². The molecule has 8 heteroatoms. The van der Waals surface area contributed by atoms with Crippen LogP contribution in [0.2, 0.25) is 0 Å². The molecule has 0 spiro atoms. The number of ether oxygens (including phenoxy) is 1. The van der Waals surface area contributed by atoms with Crippen LogP contribution in [0.3, 0.4) is 0 Å². The van der Waals surface area contributed by atoms with E-state index in [-0.39, 0.29) is 17.5 Å². The molecule has 7 nitrogen and oxygen atoms in total. The van der Waals surface area contributed by atoms with Gasteiger partial charge in [0.25, 0.3) is 5.91 Å². The van der Waals surface area contributed by atoms with Crippen molar-refractivity contribution in [1.29, 1.82) is 0 Å². The van der Waals surface area contributed by atoms with Gasteiger partial charge in [0.05, 0.1) is 22.6 Å². The maximum atomic E-state index is 13.2. The molecule has 3 aromatic rings. The minimum Gasteiger partial charge on any atom is -0.503 e. The third-order valence-electron chi connectivity index (χ3n) is 4.63. The number of amides is 1. The zero-order chi connectivity index (χ0) is 21.4. The summed E-state index contributed by atoms with van der Waals surface area (Å²) in [4.78, 5) is 27.9. The number of hydrogen-bond acceptors (Lipinski definition) is 7. The first-order valence-electron chi connectivity index (χ1n) is 9.41. The fourth-order valence-electron chi connectivity index (χ4n) is 3.40. The van der Waals surface area contributed by atoms with Crippen molar-refractivity contribution in [3.05, 3.63) is 75.4 Å². The van der Waals surface area contributed by atoms with Crippen molar-refractivity contribution < 1.29 is 24.0 Å². The number of anilines is 1. The number of ketones is 1. The molecule has 0 saturated carbocycles. The quantitative estimate of drug-likeness (QED) is 0.581. The number of aliphatic hydroxyl groups is 1. The topological polar surface area (TPSA) is 92.9 Å². The van der Waals surface area contributed by atoms with Crippen LogP contribution in [0.15, 0.2) is 63.7 Å². The van der Waals surface area contributed by atoms with Gasteiger partial charge in [0.15, 0.2) is 11.6 Å². The molecular formula is C22H20N2O5S. The number of thiophene rings is 1. The van der Waals surface area contributed by atoms with Gasteiger partial charge in [-0.15, -0.1) is 11.3 Å². The molecule has 1 atom stereocenters. The first kappa shape index (κ1) is 19.9. The highest BCUT2D eigenvalue weighted by Gasteiger charge is 2.46. The summed E-state index contributed by atoms with van der Waals surface area (Å²) >= 11 is 1.25. The summed E-state index contributed by atoms with van der Waals surface area (Å²) in [6, 6.07) is 11.3. The van der Waals surface area contributed by atoms with Gasteiger partial charge in [0.1, 0.15) is 11.5 Å². The number of nitrogens with zero attached hydrogens (tertiary/aromatic N) is 2. The van der Waals surface area contributed by atoms with Crippen molar-refractivity contribution in [2.24, 2.45) is 0 Å². The van der Waals surface area contributed by atoms with Crippen LogP contribution in [0.1, 0.15) is 40.9 Å². The molecule has 0 fully saturated rings. The Labute approximate surface area is 177 Å². The predicted octanol–water partition coefficient (Wildman–Crippen LogP) is 4.61. The average Bonchev–Trinajstić information content (AvgIpc) is 3.43. The summed E-state index contributed by atoms with van der Waals surface area (Å²) in [7, 11) is 0. The number of carbonyl (C=O) groups excluding carboxylic acids is 2. The van der Waals surface area contributed by atoms with E-state index in [9.17, 15) is 14.7 Å². The smallest absolute Gasteiger partial charge is 0.295 e.